The van der Waals surface area contributed by atoms with Gasteiger partial charge in [0.2, 0.25) is 11.6 Å². The molecule has 1 aromatic carbocycles. The van der Waals surface area contributed by atoms with Gasteiger partial charge >= 0.3 is 0 Å². The first-order valence-electron chi connectivity index (χ1n) is 7.32. The second-order valence-electron chi connectivity index (χ2n) is 5.65. The molecule has 0 radical (unpaired) electrons. The molecular weight excluding hydrogens is 294 g/mol. The molecule has 5 heteroatoms. The van der Waals surface area contributed by atoms with E-state index >= 15 is 0 Å². The zero-order valence-electron chi connectivity index (χ0n) is 13.1. The van der Waals surface area contributed by atoms with Crippen molar-refractivity contribution in [2.24, 2.45) is 7.05 Å². The average Bonchev–Trinajstić information content (AvgIpc) is 3.07. The number of nitrogens with zero attached hydrogens (tertiary/aromatic N) is 1. The van der Waals surface area contributed by atoms with Gasteiger partial charge in [-0.15, -0.1) is 0 Å². The molecule has 116 valence electrons. The topological polar surface area (TPSA) is 57.5 Å². The van der Waals surface area contributed by atoms with Crippen molar-refractivity contribution in [2.45, 2.75) is 6.42 Å². The number of Topliss-reactive ketones (excluding diaryl/α,β-unsaturated/α-hetero) is 2. The van der Waals surface area contributed by atoms with Gasteiger partial charge in [0.15, 0.2) is 0 Å². The molecule has 1 heterocycles. The summed E-state index contributed by atoms with van der Waals surface area (Å²) < 4.78 is 12.9. The first-order chi connectivity index (χ1) is 11.1. The molecule has 4 rings (SSSR count). The molecule has 5 nitrogen and oxygen atoms in total. The van der Waals surface area contributed by atoms with Crippen molar-refractivity contribution in [1.29, 1.82) is 0 Å². The summed E-state index contributed by atoms with van der Waals surface area (Å²) in [6.45, 7) is 0. The largest absolute Gasteiger partial charge is 0.496 e. The van der Waals surface area contributed by atoms with Crippen molar-refractivity contribution in [2.75, 3.05) is 14.2 Å². The maximum atomic E-state index is 12.4. The van der Waals surface area contributed by atoms with Crippen molar-refractivity contribution < 1.29 is 19.1 Å². The summed E-state index contributed by atoms with van der Waals surface area (Å²) in [6.07, 6.45) is 3.89. The van der Waals surface area contributed by atoms with Crippen molar-refractivity contribution in [3.63, 3.8) is 0 Å². The van der Waals surface area contributed by atoms with E-state index in [1.54, 1.807) is 14.2 Å². The van der Waals surface area contributed by atoms with Crippen LogP contribution in [0.2, 0.25) is 0 Å². The molecule has 1 aromatic heterocycles. The van der Waals surface area contributed by atoms with Gasteiger partial charge < -0.3 is 14.0 Å². The molecule has 0 bridgehead atoms. The van der Waals surface area contributed by atoms with E-state index in [2.05, 4.69) is 0 Å². The maximum Gasteiger partial charge on any atom is 0.231 e. The summed E-state index contributed by atoms with van der Waals surface area (Å²) in [5.74, 6) is 0.646. The summed E-state index contributed by atoms with van der Waals surface area (Å²) in [5.41, 5.74) is 1.26. The van der Waals surface area contributed by atoms with E-state index in [1.807, 2.05) is 35.9 Å². The first kappa shape index (κ1) is 13.8. The van der Waals surface area contributed by atoms with E-state index in [-0.39, 0.29) is 12.2 Å². The van der Waals surface area contributed by atoms with Crippen molar-refractivity contribution >= 4 is 23.7 Å². The van der Waals surface area contributed by atoms with Gasteiger partial charge in [-0.05, 0) is 18.2 Å². The van der Waals surface area contributed by atoms with Gasteiger partial charge in [-0.3, -0.25) is 9.59 Å². The Morgan fingerprint density at radius 2 is 1.78 bits per heavy atom. The van der Waals surface area contributed by atoms with E-state index < -0.39 is 5.78 Å². The fourth-order valence-corrected chi connectivity index (χ4v) is 3.53. The molecule has 0 saturated heterocycles. The van der Waals surface area contributed by atoms with Crippen LogP contribution >= 0.6 is 0 Å². The maximum absolute atomic E-state index is 12.4. The number of hydrogen-bond acceptors (Lipinski definition) is 4. The van der Waals surface area contributed by atoms with Crippen LogP contribution in [0.5, 0.6) is 11.5 Å². The van der Waals surface area contributed by atoms with E-state index in [9.17, 15) is 9.59 Å². The highest BCUT2D eigenvalue weighted by atomic mass is 16.5. The first-order valence-corrected chi connectivity index (χ1v) is 7.32. The van der Waals surface area contributed by atoms with Crippen LogP contribution in [0.25, 0.3) is 12.2 Å². The van der Waals surface area contributed by atoms with Crippen LogP contribution in [0.15, 0.2) is 12.1 Å². The lowest BCUT2D eigenvalue weighted by Gasteiger charge is -2.06. The number of aromatic nitrogens is 1. The van der Waals surface area contributed by atoms with Crippen LogP contribution < -0.4 is 20.0 Å². The molecule has 23 heavy (non-hydrogen) atoms. The van der Waals surface area contributed by atoms with Gasteiger partial charge in [0.05, 0.1) is 30.4 Å². The predicted molar refractivity (Wildman–Crippen MR) is 83.9 cm³/mol. The van der Waals surface area contributed by atoms with E-state index in [1.165, 1.54) is 0 Å². The Morgan fingerprint density at radius 3 is 2.48 bits per heavy atom. The van der Waals surface area contributed by atoms with Crippen LogP contribution in [0.1, 0.15) is 22.3 Å². The average molecular weight is 309 g/mol. The second-order valence-corrected chi connectivity index (χ2v) is 5.65. The van der Waals surface area contributed by atoms with Gasteiger partial charge in [0, 0.05) is 29.6 Å². The highest BCUT2D eigenvalue weighted by Crippen LogP contribution is 2.24. The van der Waals surface area contributed by atoms with E-state index in [0.29, 0.717) is 17.1 Å². The van der Waals surface area contributed by atoms with Gasteiger partial charge in [-0.2, -0.15) is 0 Å². The Morgan fingerprint density at radius 1 is 1.09 bits per heavy atom. The summed E-state index contributed by atoms with van der Waals surface area (Å²) in [6, 6.07) is 3.69. The van der Waals surface area contributed by atoms with Crippen molar-refractivity contribution in [3.8, 4) is 11.5 Å². The number of ether oxygens (including phenoxy) is 2. The van der Waals surface area contributed by atoms with Gasteiger partial charge in [0.25, 0.3) is 0 Å². The number of rotatable bonds is 2. The Hall–Kier alpha value is -2.82. The summed E-state index contributed by atoms with van der Waals surface area (Å²) in [4.78, 5) is 24.2. The normalized spacial score (nSPS) is 14.6. The van der Waals surface area contributed by atoms with E-state index in [0.717, 1.165) is 26.7 Å². The van der Waals surface area contributed by atoms with Crippen LogP contribution in [-0.2, 0) is 11.8 Å². The third kappa shape index (κ3) is 1.62. The summed E-state index contributed by atoms with van der Waals surface area (Å²) in [7, 11) is 5.12. The lowest BCUT2D eigenvalue weighted by atomic mass is 9.98. The zero-order chi connectivity index (χ0) is 16.3. The third-order valence-electron chi connectivity index (χ3n) is 4.57. The Kier molecular flexibility index (Phi) is 2.75. The molecule has 0 amide bonds. The smallest absolute Gasteiger partial charge is 0.231 e. The predicted octanol–water partition coefficient (Wildman–Crippen LogP) is 0.407. The van der Waals surface area contributed by atoms with Crippen LogP contribution in [0.3, 0.4) is 0 Å². The number of hydrogen-bond donors (Lipinski definition) is 0. The summed E-state index contributed by atoms with van der Waals surface area (Å²) in [5, 5.41) is 3.46. The van der Waals surface area contributed by atoms with Crippen molar-refractivity contribution in [3.05, 3.63) is 44.4 Å². The Balaban J connectivity index is 2.29. The SMILES string of the molecule is COc1ccc(OC)c2c1=Cc1c3c(n(C)c1=2)=CCC(=O)C3=O. The molecule has 2 aliphatic carbocycles. The molecule has 0 spiro atoms. The quantitative estimate of drug-likeness (QED) is 0.643. The molecule has 0 saturated carbocycles. The van der Waals surface area contributed by atoms with Crippen LogP contribution in [0.4, 0.5) is 0 Å². The number of ketones is 2. The third-order valence-corrected chi connectivity index (χ3v) is 4.57. The Labute approximate surface area is 131 Å². The zero-order valence-corrected chi connectivity index (χ0v) is 13.1. The number of methoxy groups -OCH3 is 2. The number of carbonyl (C=O) groups is 2. The van der Waals surface area contributed by atoms with Gasteiger partial charge in [-0.25, -0.2) is 0 Å². The molecule has 2 aliphatic rings. The minimum atomic E-state index is -0.415. The molecule has 0 atom stereocenters. The molecule has 0 aliphatic heterocycles. The fraction of sp³-hybridized carbons (Fsp3) is 0.222. The van der Waals surface area contributed by atoms with Crippen LogP contribution in [-0.4, -0.2) is 30.4 Å². The summed E-state index contributed by atoms with van der Waals surface area (Å²) >= 11 is 0. The van der Waals surface area contributed by atoms with Gasteiger partial charge in [0.1, 0.15) is 11.5 Å². The standard InChI is InChI=1S/C18H15NO4/c1-19-11-4-5-12(20)18(21)15(11)10-8-9-13(22-2)6-7-14(23-3)16(9)17(10)19/h4,6-8H,5H2,1-3H3. The Bertz CT molecular complexity index is 1110. The minimum Gasteiger partial charge on any atom is -0.496 e. The second kappa shape index (κ2) is 4.59. The highest BCUT2D eigenvalue weighted by Gasteiger charge is 2.29. The lowest BCUT2D eigenvalue weighted by molar-refractivity contribution is -0.114. The molecule has 0 fully saturated rings. The highest BCUT2D eigenvalue weighted by molar-refractivity contribution is 6.46. The monoisotopic (exact) mass is 309 g/mol. The molecular formula is C18H15NO4. The van der Waals surface area contributed by atoms with Crippen molar-refractivity contribution in [1.82, 2.24) is 4.57 Å². The van der Waals surface area contributed by atoms with Crippen LogP contribution in [0, 0.1) is 10.6 Å². The van der Waals surface area contributed by atoms with Gasteiger partial charge in [-0.1, -0.05) is 6.08 Å². The number of benzene rings is 1. The molecule has 0 unspecified atom stereocenters. The molecule has 0 N–H and O–H groups in total. The minimum absolute atomic E-state index is 0.157. The number of fused-ring (bicyclic) bond motifs is 4. The van der Waals surface area contributed by atoms with E-state index in [4.69, 9.17) is 9.47 Å². The number of carbonyl (C=O) groups excluding carboxylic acids is 2. The molecule has 2 aromatic rings. The fourth-order valence-electron chi connectivity index (χ4n) is 3.53. The lowest BCUT2D eigenvalue weighted by Crippen LogP contribution is -2.30.